The minimum absolute atomic E-state index is 0.0740. The van der Waals surface area contributed by atoms with Gasteiger partial charge in [-0.1, -0.05) is 25.1 Å². The lowest BCUT2D eigenvalue weighted by atomic mass is 9.43. The number of fused-ring (bicyclic) bond motifs is 2. The van der Waals surface area contributed by atoms with E-state index in [-0.39, 0.29) is 41.2 Å². The summed E-state index contributed by atoms with van der Waals surface area (Å²) in [7, 11) is 0. The highest BCUT2D eigenvalue weighted by molar-refractivity contribution is 5.93. The standard InChI is InChI=1S/C27H33FN2O5/c1-24-11-10-21-25(2)12-9-19(31)15-26(25)13-14-27(21,35-34-26)20(24)7-8-22(24)30-33-16-23(32)29-18-5-3-17(28)4-6-18/h3-6,13-14,19-21,31H,7-12,15-16H2,1-2H3,(H,29,32)/b30-22+/t19-,20+,21-,24-,25+,26+,27-/m0/s1. The smallest absolute Gasteiger partial charge is 0.265 e. The van der Waals surface area contributed by atoms with Gasteiger partial charge in [-0.05, 0) is 68.9 Å². The molecule has 2 spiro atoms. The van der Waals surface area contributed by atoms with Gasteiger partial charge in [-0.3, -0.25) is 4.79 Å². The summed E-state index contributed by atoms with van der Waals surface area (Å²) in [5, 5.41) is 17.5. The fraction of sp³-hybridized carbons (Fsp3) is 0.630. The van der Waals surface area contributed by atoms with Gasteiger partial charge in [-0.25, -0.2) is 14.2 Å². The first-order valence-corrected chi connectivity index (χ1v) is 12.7. The Bertz CT molecular complexity index is 1090. The number of hydrogen-bond donors (Lipinski definition) is 2. The molecule has 1 saturated heterocycles. The topological polar surface area (TPSA) is 89.4 Å². The number of aliphatic hydroxyl groups is 1. The molecule has 7 nitrogen and oxygen atoms in total. The number of carbonyl (C=O) groups is 1. The molecule has 3 saturated carbocycles. The Morgan fingerprint density at radius 1 is 1.14 bits per heavy atom. The van der Waals surface area contributed by atoms with Gasteiger partial charge in [-0.2, -0.15) is 0 Å². The van der Waals surface area contributed by atoms with E-state index >= 15 is 0 Å². The summed E-state index contributed by atoms with van der Waals surface area (Å²) in [4.78, 5) is 30.2. The summed E-state index contributed by atoms with van der Waals surface area (Å²) >= 11 is 0. The second-order valence-corrected chi connectivity index (χ2v) is 11.5. The zero-order valence-corrected chi connectivity index (χ0v) is 20.3. The van der Waals surface area contributed by atoms with E-state index in [0.29, 0.717) is 18.0 Å². The van der Waals surface area contributed by atoms with Crippen LogP contribution in [-0.2, 0) is 19.4 Å². The second-order valence-electron chi connectivity index (χ2n) is 11.5. The van der Waals surface area contributed by atoms with Gasteiger partial charge in [0.25, 0.3) is 5.91 Å². The van der Waals surface area contributed by atoms with Crippen molar-refractivity contribution in [1.82, 2.24) is 0 Å². The molecule has 6 aliphatic rings. The summed E-state index contributed by atoms with van der Waals surface area (Å²) in [6.07, 6.45) is 9.99. The SMILES string of the molecule is C[C@]12CC[C@@H]3[C@]4(C=C[C@]5(C[C@@H](O)CC[C@]35C)OO4)[C@@H]1CC/C2=N\OCC(=O)Nc1ccc(F)cc1. The molecule has 4 fully saturated rings. The third kappa shape index (κ3) is 3.26. The van der Waals surface area contributed by atoms with Crippen LogP contribution in [0.4, 0.5) is 10.1 Å². The molecule has 1 aromatic carbocycles. The summed E-state index contributed by atoms with van der Waals surface area (Å²) in [5.41, 5.74) is 0.129. The number of nitrogens with zero attached hydrogens (tertiary/aromatic N) is 1. The van der Waals surface area contributed by atoms with Gasteiger partial charge in [0.1, 0.15) is 17.0 Å². The quantitative estimate of drug-likeness (QED) is 0.373. The van der Waals surface area contributed by atoms with Crippen LogP contribution in [0.15, 0.2) is 41.6 Å². The third-order valence-electron chi connectivity index (χ3n) is 9.86. The number of amides is 1. The Balaban J connectivity index is 1.19. The van der Waals surface area contributed by atoms with E-state index in [1.807, 2.05) is 0 Å². The third-order valence-corrected chi connectivity index (χ3v) is 9.86. The molecule has 2 heterocycles. The average molecular weight is 485 g/mol. The van der Waals surface area contributed by atoms with Gasteiger partial charge in [-0.15, -0.1) is 0 Å². The summed E-state index contributed by atoms with van der Waals surface area (Å²) in [5.74, 6) is -0.181. The molecule has 0 unspecified atom stereocenters. The Morgan fingerprint density at radius 2 is 1.94 bits per heavy atom. The van der Waals surface area contributed by atoms with Crippen molar-refractivity contribution < 1.29 is 28.9 Å². The maximum atomic E-state index is 13.1. The van der Waals surface area contributed by atoms with Gasteiger partial charge < -0.3 is 15.3 Å². The molecule has 188 valence electrons. The number of carbonyl (C=O) groups excluding carboxylic acids is 1. The van der Waals surface area contributed by atoms with Gasteiger partial charge in [0, 0.05) is 34.8 Å². The molecule has 0 aromatic heterocycles. The number of nitrogens with one attached hydrogen (secondary N) is 1. The normalized spacial score (nSPS) is 44.5. The molecule has 7 atom stereocenters. The first-order chi connectivity index (χ1) is 16.7. The van der Waals surface area contributed by atoms with Crippen molar-refractivity contribution in [2.24, 2.45) is 27.8 Å². The highest BCUT2D eigenvalue weighted by Gasteiger charge is 2.74. The maximum Gasteiger partial charge on any atom is 0.265 e. The zero-order valence-electron chi connectivity index (χ0n) is 20.3. The number of anilines is 1. The molecule has 0 radical (unpaired) electrons. The van der Waals surface area contributed by atoms with Crippen molar-refractivity contribution in [3.63, 3.8) is 0 Å². The number of hydrogen-bond acceptors (Lipinski definition) is 6. The highest BCUT2D eigenvalue weighted by atomic mass is 19.1. The number of aliphatic hydroxyl groups excluding tert-OH is 1. The van der Waals surface area contributed by atoms with Crippen LogP contribution in [0.3, 0.4) is 0 Å². The largest absolute Gasteiger partial charge is 0.393 e. The first kappa shape index (κ1) is 23.1. The second kappa shape index (κ2) is 7.85. The lowest BCUT2D eigenvalue weighted by Crippen LogP contribution is -2.73. The van der Waals surface area contributed by atoms with E-state index in [0.717, 1.165) is 44.2 Å². The molecular weight excluding hydrogens is 451 g/mol. The number of oxime groups is 1. The van der Waals surface area contributed by atoms with Crippen molar-refractivity contribution in [1.29, 1.82) is 0 Å². The van der Waals surface area contributed by atoms with Crippen LogP contribution in [0.5, 0.6) is 0 Å². The average Bonchev–Trinajstić information content (AvgIpc) is 3.17. The predicted molar refractivity (Wildman–Crippen MR) is 127 cm³/mol. The molecule has 8 heteroatoms. The molecule has 2 bridgehead atoms. The van der Waals surface area contributed by atoms with Crippen LogP contribution >= 0.6 is 0 Å². The fourth-order valence-corrected chi connectivity index (χ4v) is 7.94. The molecule has 2 aliphatic heterocycles. The Labute approximate surface area is 204 Å². The van der Waals surface area contributed by atoms with Crippen molar-refractivity contribution in [3.8, 4) is 0 Å². The summed E-state index contributed by atoms with van der Waals surface area (Å²) in [6.45, 7) is 4.34. The van der Waals surface area contributed by atoms with E-state index in [1.165, 1.54) is 24.3 Å². The van der Waals surface area contributed by atoms with E-state index in [1.54, 1.807) is 0 Å². The Morgan fingerprint density at radius 3 is 2.69 bits per heavy atom. The Kier molecular flexibility index (Phi) is 5.19. The molecule has 7 rings (SSSR count). The molecule has 2 N–H and O–H groups in total. The van der Waals surface area contributed by atoms with Gasteiger partial charge in [0.2, 0.25) is 0 Å². The van der Waals surface area contributed by atoms with E-state index in [4.69, 9.17) is 14.6 Å². The highest BCUT2D eigenvalue weighted by Crippen LogP contribution is 2.70. The predicted octanol–water partition coefficient (Wildman–Crippen LogP) is 4.52. The van der Waals surface area contributed by atoms with Crippen molar-refractivity contribution in [3.05, 3.63) is 42.2 Å². The molecule has 1 aromatic rings. The van der Waals surface area contributed by atoms with Crippen molar-refractivity contribution >= 4 is 17.3 Å². The van der Waals surface area contributed by atoms with Crippen molar-refractivity contribution in [2.45, 2.75) is 76.1 Å². The van der Waals surface area contributed by atoms with Gasteiger partial charge in [0.05, 0.1) is 11.8 Å². The fourth-order valence-electron chi connectivity index (χ4n) is 7.94. The lowest BCUT2D eigenvalue weighted by Gasteiger charge is -2.69. The Hall–Kier alpha value is -2.29. The molecular formula is C27H33FN2O5. The zero-order chi connectivity index (χ0) is 24.5. The number of benzene rings is 1. The minimum Gasteiger partial charge on any atom is -0.393 e. The van der Waals surface area contributed by atoms with Crippen LogP contribution < -0.4 is 5.32 Å². The maximum absolute atomic E-state index is 13.1. The van der Waals surface area contributed by atoms with Crippen LogP contribution in [0.25, 0.3) is 0 Å². The number of halogens is 1. The molecule has 1 amide bonds. The molecule has 35 heavy (non-hydrogen) atoms. The van der Waals surface area contributed by atoms with E-state index in [2.05, 4.69) is 36.5 Å². The first-order valence-electron chi connectivity index (χ1n) is 12.7. The van der Waals surface area contributed by atoms with Crippen LogP contribution in [-0.4, -0.2) is 40.6 Å². The van der Waals surface area contributed by atoms with Gasteiger partial charge >= 0.3 is 0 Å². The van der Waals surface area contributed by atoms with Gasteiger partial charge in [0.15, 0.2) is 6.61 Å². The number of rotatable bonds is 4. The van der Waals surface area contributed by atoms with Crippen LogP contribution in [0.1, 0.15) is 58.8 Å². The summed E-state index contributed by atoms with van der Waals surface area (Å²) < 4.78 is 13.1. The monoisotopic (exact) mass is 484 g/mol. The van der Waals surface area contributed by atoms with Crippen LogP contribution in [0.2, 0.25) is 0 Å². The molecule has 4 aliphatic carbocycles. The van der Waals surface area contributed by atoms with Crippen LogP contribution in [0, 0.1) is 28.5 Å². The van der Waals surface area contributed by atoms with E-state index < -0.39 is 11.2 Å². The lowest BCUT2D eigenvalue weighted by molar-refractivity contribution is -0.496. The minimum atomic E-state index is -0.554. The van der Waals surface area contributed by atoms with E-state index in [9.17, 15) is 14.3 Å². The van der Waals surface area contributed by atoms with Crippen molar-refractivity contribution in [2.75, 3.05) is 11.9 Å². The summed E-state index contributed by atoms with van der Waals surface area (Å²) in [6, 6.07) is 5.60.